The minimum atomic E-state index is -2.96. The largest absolute Gasteiger partial charge is 0.389 e. The van der Waals surface area contributed by atoms with Crippen molar-refractivity contribution in [1.29, 1.82) is 0 Å². The fourth-order valence-electron chi connectivity index (χ4n) is 2.21. The van der Waals surface area contributed by atoms with Crippen molar-refractivity contribution in [3.63, 3.8) is 0 Å². The van der Waals surface area contributed by atoms with E-state index in [-0.39, 0.29) is 11.2 Å². The zero-order valence-electron chi connectivity index (χ0n) is 9.21. The highest BCUT2D eigenvalue weighted by atomic mass is 32.2. The van der Waals surface area contributed by atoms with Crippen LogP contribution >= 0.6 is 0 Å². The van der Waals surface area contributed by atoms with Gasteiger partial charge in [-0.05, 0) is 31.1 Å². The molecule has 0 aromatic rings. The Labute approximate surface area is 86.4 Å². The zero-order chi connectivity index (χ0) is 11.0. The number of hydrogen-bond donors (Lipinski definition) is 1. The van der Waals surface area contributed by atoms with Gasteiger partial charge in [-0.3, -0.25) is 0 Å². The Morgan fingerprint density at radius 3 is 2.21 bits per heavy atom. The molecular weight excluding hydrogens is 200 g/mol. The van der Waals surface area contributed by atoms with Gasteiger partial charge >= 0.3 is 0 Å². The molecule has 1 aliphatic rings. The molecule has 0 spiro atoms. The summed E-state index contributed by atoms with van der Waals surface area (Å²) in [4.78, 5) is 0. The van der Waals surface area contributed by atoms with E-state index in [1.54, 1.807) is 0 Å². The summed E-state index contributed by atoms with van der Waals surface area (Å²) in [7, 11) is -2.96. The molecule has 1 aliphatic carbocycles. The van der Waals surface area contributed by atoms with E-state index in [2.05, 4.69) is 0 Å². The van der Waals surface area contributed by atoms with Crippen LogP contribution in [0.3, 0.4) is 0 Å². The molecule has 0 radical (unpaired) electrons. The Hall–Kier alpha value is -0.0900. The first-order valence-electron chi connectivity index (χ1n) is 5.06. The molecule has 84 valence electrons. The summed E-state index contributed by atoms with van der Waals surface area (Å²) in [6.45, 7) is 4.03. The van der Waals surface area contributed by atoms with Crippen LogP contribution in [-0.4, -0.2) is 31.1 Å². The lowest BCUT2D eigenvalue weighted by molar-refractivity contribution is -0.0447. The fourth-order valence-corrected chi connectivity index (χ4v) is 2.92. The summed E-state index contributed by atoms with van der Waals surface area (Å²) < 4.78 is 22.1. The SMILES string of the molecule is CC1(C)CCCC1(O)CCS(C)(=O)=O. The van der Waals surface area contributed by atoms with E-state index in [1.165, 1.54) is 6.26 Å². The van der Waals surface area contributed by atoms with E-state index in [9.17, 15) is 13.5 Å². The summed E-state index contributed by atoms with van der Waals surface area (Å²) in [5.41, 5.74) is -0.923. The molecule has 14 heavy (non-hydrogen) atoms. The first kappa shape index (κ1) is 12.0. The van der Waals surface area contributed by atoms with Gasteiger partial charge in [0.1, 0.15) is 9.84 Å². The van der Waals surface area contributed by atoms with Gasteiger partial charge in [-0.1, -0.05) is 13.8 Å². The molecule has 0 aliphatic heterocycles. The maximum atomic E-state index is 11.0. The summed E-state index contributed by atoms with van der Waals surface area (Å²) in [6.07, 6.45) is 4.30. The average Bonchev–Trinajstić information content (AvgIpc) is 2.23. The Kier molecular flexibility index (Phi) is 2.99. The number of rotatable bonds is 3. The smallest absolute Gasteiger partial charge is 0.147 e. The van der Waals surface area contributed by atoms with Gasteiger partial charge in [0.15, 0.2) is 0 Å². The summed E-state index contributed by atoms with van der Waals surface area (Å²) >= 11 is 0. The highest BCUT2D eigenvalue weighted by Gasteiger charge is 2.47. The molecule has 0 amide bonds. The Bertz CT molecular complexity index is 305. The minimum absolute atomic E-state index is 0.0902. The van der Waals surface area contributed by atoms with Crippen LogP contribution in [-0.2, 0) is 9.84 Å². The minimum Gasteiger partial charge on any atom is -0.389 e. The predicted octanol–water partition coefficient (Wildman–Crippen LogP) is 1.36. The molecule has 0 saturated heterocycles. The number of hydrogen-bond acceptors (Lipinski definition) is 3. The van der Waals surface area contributed by atoms with Gasteiger partial charge in [0, 0.05) is 6.26 Å². The quantitative estimate of drug-likeness (QED) is 0.781. The second-order valence-electron chi connectivity index (χ2n) is 5.15. The van der Waals surface area contributed by atoms with Crippen molar-refractivity contribution in [2.45, 2.75) is 45.1 Å². The first-order chi connectivity index (χ1) is 6.16. The van der Waals surface area contributed by atoms with Crippen molar-refractivity contribution in [1.82, 2.24) is 0 Å². The van der Waals surface area contributed by atoms with Crippen molar-refractivity contribution in [2.75, 3.05) is 12.0 Å². The third-order valence-electron chi connectivity index (χ3n) is 3.54. The van der Waals surface area contributed by atoms with E-state index in [0.717, 1.165) is 19.3 Å². The van der Waals surface area contributed by atoms with Crippen molar-refractivity contribution >= 4 is 9.84 Å². The molecule has 3 nitrogen and oxygen atoms in total. The van der Waals surface area contributed by atoms with E-state index in [0.29, 0.717) is 6.42 Å². The van der Waals surface area contributed by atoms with E-state index in [4.69, 9.17) is 0 Å². The monoisotopic (exact) mass is 220 g/mol. The Balaban J connectivity index is 2.67. The molecule has 0 heterocycles. The van der Waals surface area contributed by atoms with Crippen LogP contribution in [0.2, 0.25) is 0 Å². The molecular formula is C10H20O3S. The topological polar surface area (TPSA) is 54.4 Å². The summed E-state index contributed by atoms with van der Waals surface area (Å²) in [5, 5.41) is 10.3. The van der Waals surface area contributed by atoms with Crippen LogP contribution < -0.4 is 0 Å². The molecule has 1 rings (SSSR count). The second kappa shape index (κ2) is 3.49. The van der Waals surface area contributed by atoms with Gasteiger partial charge in [-0.2, -0.15) is 0 Å². The fraction of sp³-hybridized carbons (Fsp3) is 1.00. The number of aliphatic hydroxyl groups is 1. The van der Waals surface area contributed by atoms with Crippen LogP contribution in [0, 0.1) is 5.41 Å². The Morgan fingerprint density at radius 2 is 1.86 bits per heavy atom. The number of sulfone groups is 1. The van der Waals surface area contributed by atoms with E-state index in [1.807, 2.05) is 13.8 Å². The lowest BCUT2D eigenvalue weighted by atomic mass is 9.76. The highest BCUT2D eigenvalue weighted by molar-refractivity contribution is 7.90. The summed E-state index contributed by atoms with van der Waals surface area (Å²) in [5.74, 6) is 0.0902. The molecule has 1 N–H and O–H groups in total. The third kappa shape index (κ3) is 2.48. The molecule has 1 fully saturated rings. The summed E-state index contributed by atoms with van der Waals surface area (Å²) in [6, 6.07) is 0. The highest BCUT2D eigenvalue weighted by Crippen LogP contribution is 2.47. The van der Waals surface area contributed by atoms with Crippen LogP contribution in [0.15, 0.2) is 0 Å². The lowest BCUT2D eigenvalue weighted by Gasteiger charge is -2.36. The van der Waals surface area contributed by atoms with Crippen molar-refractivity contribution in [3.05, 3.63) is 0 Å². The lowest BCUT2D eigenvalue weighted by Crippen LogP contribution is -2.41. The van der Waals surface area contributed by atoms with Gasteiger partial charge in [0.05, 0.1) is 11.4 Å². The van der Waals surface area contributed by atoms with E-state index >= 15 is 0 Å². The molecule has 0 aromatic heterocycles. The molecule has 1 saturated carbocycles. The third-order valence-corrected chi connectivity index (χ3v) is 4.48. The van der Waals surface area contributed by atoms with Gasteiger partial charge in [-0.25, -0.2) is 8.42 Å². The van der Waals surface area contributed by atoms with Crippen LogP contribution in [0.25, 0.3) is 0 Å². The average molecular weight is 220 g/mol. The zero-order valence-corrected chi connectivity index (χ0v) is 10.0. The van der Waals surface area contributed by atoms with Crippen molar-refractivity contribution in [2.24, 2.45) is 5.41 Å². The maximum absolute atomic E-state index is 11.0. The van der Waals surface area contributed by atoms with Crippen molar-refractivity contribution < 1.29 is 13.5 Å². The molecule has 1 atom stereocenters. The van der Waals surface area contributed by atoms with E-state index < -0.39 is 15.4 Å². The molecule has 1 unspecified atom stereocenters. The standard InChI is InChI=1S/C10H20O3S/c1-9(2)5-4-6-10(9,11)7-8-14(3,12)13/h11H,4-8H2,1-3H3. The molecule has 0 bridgehead atoms. The normalized spacial score (nSPS) is 32.0. The maximum Gasteiger partial charge on any atom is 0.147 e. The molecule has 4 heteroatoms. The van der Waals surface area contributed by atoms with Gasteiger partial charge in [0.25, 0.3) is 0 Å². The van der Waals surface area contributed by atoms with Gasteiger partial charge in [0.2, 0.25) is 0 Å². The van der Waals surface area contributed by atoms with Crippen LogP contribution in [0.1, 0.15) is 39.5 Å². The molecule has 0 aromatic carbocycles. The second-order valence-corrected chi connectivity index (χ2v) is 7.41. The first-order valence-corrected chi connectivity index (χ1v) is 7.13. The van der Waals surface area contributed by atoms with Gasteiger partial charge in [-0.15, -0.1) is 0 Å². The van der Waals surface area contributed by atoms with Gasteiger partial charge < -0.3 is 5.11 Å². The van der Waals surface area contributed by atoms with Crippen LogP contribution in [0.4, 0.5) is 0 Å². The Morgan fingerprint density at radius 1 is 1.29 bits per heavy atom. The van der Waals surface area contributed by atoms with Crippen LogP contribution in [0.5, 0.6) is 0 Å². The predicted molar refractivity (Wildman–Crippen MR) is 56.9 cm³/mol. The van der Waals surface area contributed by atoms with Crippen molar-refractivity contribution in [3.8, 4) is 0 Å².